The second kappa shape index (κ2) is 4.95. The predicted molar refractivity (Wildman–Crippen MR) is 69.2 cm³/mol. The first-order valence-corrected chi connectivity index (χ1v) is 7.06. The molecular formula is C11H17BrN2S. The molecule has 2 nitrogen and oxygen atoms in total. The van der Waals surface area contributed by atoms with Crippen molar-refractivity contribution in [3.05, 3.63) is 20.8 Å². The maximum Gasteiger partial charge on any atom is 0.0564 e. The molecular weight excluding hydrogens is 272 g/mol. The molecule has 0 aromatic carbocycles. The lowest BCUT2D eigenvalue weighted by Crippen LogP contribution is -2.31. The maximum atomic E-state index is 5.89. The van der Waals surface area contributed by atoms with Gasteiger partial charge >= 0.3 is 0 Å². The van der Waals surface area contributed by atoms with Crippen molar-refractivity contribution in [3.8, 4) is 0 Å². The highest BCUT2D eigenvalue weighted by atomic mass is 79.9. The van der Waals surface area contributed by atoms with E-state index in [-0.39, 0.29) is 0 Å². The van der Waals surface area contributed by atoms with Gasteiger partial charge in [-0.05, 0) is 40.9 Å². The number of hydrogen-bond acceptors (Lipinski definition) is 3. The summed E-state index contributed by atoms with van der Waals surface area (Å²) >= 11 is 5.30. The first-order valence-electron chi connectivity index (χ1n) is 5.38. The molecule has 2 N–H and O–H groups in total. The standard InChI is InChI=1S/C11H17BrN2S/c1-8-2-3-14(6-8)10(5-13)11-4-9(12)7-15-11/h4,7-8,10H,2-3,5-6,13H2,1H3. The van der Waals surface area contributed by atoms with E-state index in [4.69, 9.17) is 5.73 Å². The molecule has 1 aliphatic rings. The van der Waals surface area contributed by atoms with E-state index in [0.29, 0.717) is 6.04 Å². The molecule has 1 saturated heterocycles. The van der Waals surface area contributed by atoms with Crippen molar-refractivity contribution >= 4 is 27.3 Å². The van der Waals surface area contributed by atoms with Crippen LogP contribution in [0, 0.1) is 5.92 Å². The molecule has 0 bridgehead atoms. The molecule has 0 radical (unpaired) electrons. The van der Waals surface area contributed by atoms with Gasteiger partial charge < -0.3 is 5.73 Å². The van der Waals surface area contributed by atoms with Crippen molar-refractivity contribution in [1.29, 1.82) is 0 Å². The van der Waals surface area contributed by atoms with Crippen LogP contribution in [0.25, 0.3) is 0 Å². The van der Waals surface area contributed by atoms with E-state index in [1.54, 1.807) is 11.3 Å². The van der Waals surface area contributed by atoms with E-state index < -0.39 is 0 Å². The Balaban J connectivity index is 2.10. The summed E-state index contributed by atoms with van der Waals surface area (Å²) in [5.41, 5.74) is 5.89. The van der Waals surface area contributed by atoms with E-state index in [1.807, 2.05) is 0 Å². The van der Waals surface area contributed by atoms with E-state index in [9.17, 15) is 0 Å². The second-order valence-corrected chi connectivity index (χ2v) is 6.17. The van der Waals surface area contributed by atoms with Gasteiger partial charge in [0.2, 0.25) is 0 Å². The van der Waals surface area contributed by atoms with Gasteiger partial charge in [0.15, 0.2) is 0 Å². The number of nitrogens with two attached hydrogens (primary N) is 1. The van der Waals surface area contributed by atoms with Crippen molar-refractivity contribution in [1.82, 2.24) is 4.90 Å². The first-order chi connectivity index (χ1) is 7.20. The Kier molecular flexibility index (Phi) is 3.83. The first kappa shape index (κ1) is 11.6. The number of nitrogens with zero attached hydrogens (tertiary/aromatic N) is 1. The minimum atomic E-state index is 0.422. The predicted octanol–water partition coefficient (Wildman–Crippen LogP) is 2.85. The minimum absolute atomic E-state index is 0.422. The van der Waals surface area contributed by atoms with E-state index in [1.165, 1.54) is 28.9 Å². The maximum absolute atomic E-state index is 5.89. The van der Waals surface area contributed by atoms with Crippen molar-refractivity contribution in [2.45, 2.75) is 19.4 Å². The van der Waals surface area contributed by atoms with Crippen LogP contribution in [0.1, 0.15) is 24.3 Å². The van der Waals surface area contributed by atoms with Crippen LogP contribution in [-0.4, -0.2) is 24.5 Å². The van der Waals surface area contributed by atoms with Crippen LogP contribution < -0.4 is 5.73 Å². The van der Waals surface area contributed by atoms with Gasteiger partial charge in [0.05, 0.1) is 6.04 Å². The summed E-state index contributed by atoms with van der Waals surface area (Å²) in [7, 11) is 0. The van der Waals surface area contributed by atoms with Crippen molar-refractivity contribution < 1.29 is 0 Å². The molecule has 0 spiro atoms. The zero-order valence-corrected chi connectivity index (χ0v) is 11.4. The zero-order valence-electron chi connectivity index (χ0n) is 8.95. The molecule has 2 atom stereocenters. The minimum Gasteiger partial charge on any atom is -0.329 e. The van der Waals surface area contributed by atoms with Gasteiger partial charge in [-0.1, -0.05) is 6.92 Å². The highest BCUT2D eigenvalue weighted by Gasteiger charge is 2.26. The van der Waals surface area contributed by atoms with Crippen LogP contribution in [0.5, 0.6) is 0 Å². The SMILES string of the molecule is CC1CCN(C(CN)c2cc(Br)cs2)C1. The number of rotatable bonds is 3. The van der Waals surface area contributed by atoms with Gasteiger partial charge in [0, 0.05) is 27.8 Å². The Labute approximate surface area is 104 Å². The Morgan fingerprint density at radius 3 is 3.00 bits per heavy atom. The van der Waals surface area contributed by atoms with Gasteiger partial charge in [0.25, 0.3) is 0 Å². The largest absolute Gasteiger partial charge is 0.329 e. The average molecular weight is 289 g/mol. The zero-order chi connectivity index (χ0) is 10.8. The summed E-state index contributed by atoms with van der Waals surface area (Å²) in [6, 6.07) is 2.62. The molecule has 0 aliphatic carbocycles. The summed E-state index contributed by atoms with van der Waals surface area (Å²) in [6.45, 7) is 5.42. The third-order valence-corrected chi connectivity index (χ3v) is 4.83. The molecule has 0 amide bonds. The number of halogens is 1. The molecule has 1 aliphatic heterocycles. The quantitative estimate of drug-likeness (QED) is 0.927. The fraction of sp³-hybridized carbons (Fsp3) is 0.636. The second-order valence-electron chi connectivity index (χ2n) is 4.31. The lowest BCUT2D eigenvalue weighted by molar-refractivity contribution is 0.247. The Morgan fingerprint density at radius 1 is 1.73 bits per heavy atom. The highest BCUT2D eigenvalue weighted by molar-refractivity contribution is 9.10. The molecule has 1 fully saturated rings. The van der Waals surface area contributed by atoms with Crippen molar-refractivity contribution in [3.63, 3.8) is 0 Å². The van der Waals surface area contributed by atoms with Gasteiger partial charge in [-0.15, -0.1) is 11.3 Å². The molecule has 84 valence electrons. The Hall–Kier alpha value is 0.1000. The Morgan fingerprint density at radius 2 is 2.53 bits per heavy atom. The molecule has 1 aromatic heterocycles. The summed E-state index contributed by atoms with van der Waals surface area (Å²) < 4.78 is 1.17. The summed E-state index contributed by atoms with van der Waals surface area (Å²) in [6.07, 6.45) is 1.31. The molecule has 1 aromatic rings. The Bertz CT molecular complexity index is 326. The van der Waals surface area contributed by atoms with Gasteiger partial charge in [-0.2, -0.15) is 0 Å². The van der Waals surface area contributed by atoms with Gasteiger partial charge in [-0.25, -0.2) is 0 Å². The van der Waals surface area contributed by atoms with E-state index in [2.05, 4.69) is 39.2 Å². The number of thiophene rings is 1. The third kappa shape index (κ3) is 2.61. The number of likely N-dealkylation sites (tertiary alicyclic amines) is 1. The van der Waals surface area contributed by atoms with Crippen molar-refractivity contribution in [2.24, 2.45) is 11.7 Å². The normalized spacial score (nSPS) is 24.6. The highest BCUT2D eigenvalue weighted by Crippen LogP contribution is 2.32. The fourth-order valence-corrected chi connectivity index (χ4v) is 3.79. The third-order valence-electron chi connectivity index (χ3n) is 3.04. The molecule has 2 rings (SSSR count). The lowest BCUT2D eigenvalue weighted by atomic mass is 10.2. The topological polar surface area (TPSA) is 29.3 Å². The number of hydrogen-bond donors (Lipinski definition) is 1. The average Bonchev–Trinajstić information content (AvgIpc) is 2.78. The molecule has 2 unspecified atom stereocenters. The lowest BCUT2D eigenvalue weighted by Gasteiger charge is -2.25. The molecule has 0 saturated carbocycles. The van der Waals surface area contributed by atoms with Crippen LogP contribution in [0.15, 0.2) is 15.9 Å². The summed E-state index contributed by atoms with van der Waals surface area (Å²) in [5, 5.41) is 2.14. The van der Waals surface area contributed by atoms with E-state index in [0.717, 1.165) is 12.5 Å². The summed E-state index contributed by atoms with van der Waals surface area (Å²) in [4.78, 5) is 3.90. The van der Waals surface area contributed by atoms with Crippen LogP contribution in [-0.2, 0) is 0 Å². The summed E-state index contributed by atoms with van der Waals surface area (Å²) in [5.74, 6) is 0.822. The van der Waals surface area contributed by atoms with E-state index >= 15 is 0 Å². The smallest absolute Gasteiger partial charge is 0.0564 e. The molecule has 15 heavy (non-hydrogen) atoms. The fourth-order valence-electron chi connectivity index (χ4n) is 2.20. The molecule has 4 heteroatoms. The van der Waals surface area contributed by atoms with Crippen LogP contribution in [0.3, 0.4) is 0 Å². The van der Waals surface area contributed by atoms with Crippen LogP contribution in [0.2, 0.25) is 0 Å². The van der Waals surface area contributed by atoms with Crippen LogP contribution >= 0.6 is 27.3 Å². The van der Waals surface area contributed by atoms with Crippen LogP contribution in [0.4, 0.5) is 0 Å². The monoisotopic (exact) mass is 288 g/mol. The molecule has 2 heterocycles. The van der Waals surface area contributed by atoms with Gasteiger partial charge in [-0.3, -0.25) is 4.90 Å². The van der Waals surface area contributed by atoms with Gasteiger partial charge in [0.1, 0.15) is 0 Å². The van der Waals surface area contributed by atoms with Crippen molar-refractivity contribution in [2.75, 3.05) is 19.6 Å².